The standard InChI is InChI=1S/C11H15NO4S/c1-3-10(11(13)14)17(15,16)7-9-8(2)5-4-6-12-9/h4-6,10H,3,7H2,1-2H3,(H,13,14). The van der Waals surface area contributed by atoms with Crippen LogP contribution >= 0.6 is 0 Å². The third-order valence-corrected chi connectivity index (χ3v) is 4.61. The molecule has 1 aromatic heterocycles. The quantitative estimate of drug-likeness (QED) is 0.855. The molecule has 0 saturated heterocycles. The minimum Gasteiger partial charge on any atom is -0.480 e. The molecule has 94 valence electrons. The molecule has 0 bridgehead atoms. The molecule has 0 radical (unpaired) electrons. The highest BCUT2D eigenvalue weighted by molar-refractivity contribution is 7.92. The van der Waals surface area contributed by atoms with Crippen molar-refractivity contribution >= 4 is 15.8 Å². The van der Waals surface area contributed by atoms with Crippen LogP contribution in [0.15, 0.2) is 18.3 Å². The topological polar surface area (TPSA) is 84.3 Å². The van der Waals surface area contributed by atoms with Gasteiger partial charge in [0.25, 0.3) is 0 Å². The molecule has 0 saturated carbocycles. The predicted molar refractivity (Wildman–Crippen MR) is 63.3 cm³/mol. The Kier molecular flexibility index (Phi) is 4.22. The van der Waals surface area contributed by atoms with Crippen molar-refractivity contribution < 1.29 is 18.3 Å². The van der Waals surface area contributed by atoms with Crippen LogP contribution in [0.25, 0.3) is 0 Å². The van der Waals surface area contributed by atoms with E-state index in [1.807, 2.05) is 0 Å². The Hall–Kier alpha value is -1.43. The first-order valence-corrected chi connectivity index (χ1v) is 6.95. The maximum atomic E-state index is 11.9. The molecular formula is C11H15NO4S. The average molecular weight is 257 g/mol. The summed E-state index contributed by atoms with van der Waals surface area (Å²) >= 11 is 0. The summed E-state index contributed by atoms with van der Waals surface area (Å²) in [5, 5.41) is 7.50. The number of hydrogen-bond acceptors (Lipinski definition) is 4. The molecule has 1 aromatic rings. The lowest BCUT2D eigenvalue weighted by atomic mass is 10.2. The summed E-state index contributed by atoms with van der Waals surface area (Å²) in [6, 6.07) is 3.46. The summed E-state index contributed by atoms with van der Waals surface area (Å²) in [4.78, 5) is 14.8. The van der Waals surface area contributed by atoms with E-state index in [4.69, 9.17) is 5.11 Å². The number of carboxylic acid groups (broad SMARTS) is 1. The van der Waals surface area contributed by atoms with E-state index in [1.54, 1.807) is 26.0 Å². The van der Waals surface area contributed by atoms with E-state index in [0.717, 1.165) is 5.56 Å². The molecule has 1 unspecified atom stereocenters. The molecule has 0 aliphatic rings. The van der Waals surface area contributed by atoms with E-state index in [9.17, 15) is 13.2 Å². The number of nitrogens with zero attached hydrogens (tertiary/aromatic N) is 1. The molecule has 1 rings (SSSR count). The molecule has 1 heterocycles. The van der Waals surface area contributed by atoms with Gasteiger partial charge in [-0.1, -0.05) is 13.0 Å². The lowest BCUT2D eigenvalue weighted by Crippen LogP contribution is -2.30. The van der Waals surface area contributed by atoms with E-state index >= 15 is 0 Å². The second-order valence-electron chi connectivity index (χ2n) is 3.81. The number of hydrogen-bond donors (Lipinski definition) is 1. The van der Waals surface area contributed by atoms with Gasteiger partial charge in [0.15, 0.2) is 15.1 Å². The number of aryl methyl sites for hydroxylation is 1. The first-order valence-electron chi connectivity index (χ1n) is 5.23. The van der Waals surface area contributed by atoms with Gasteiger partial charge in [-0.05, 0) is 25.0 Å². The maximum Gasteiger partial charge on any atom is 0.321 e. The summed E-state index contributed by atoms with van der Waals surface area (Å²) in [5.41, 5.74) is 1.16. The van der Waals surface area contributed by atoms with Crippen LogP contribution in [0.4, 0.5) is 0 Å². The molecular weight excluding hydrogens is 242 g/mol. The van der Waals surface area contributed by atoms with Crippen LogP contribution in [0.2, 0.25) is 0 Å². The highest BCUT2D eigenvalue weighted by Gasteiger charge is 2.31. The minimum atomic E-state index is -3.71. The number of aromatic nitrogens is 1. The number of aliphatic carboxylic acids is 1. The van der Waals surface area contributed by atoms with Crippen molar-refractivity contribution in [1.82, 2.24) is 4.98 Å². The van der Waals surface area contributed by atoms with Gasteiger partial charge >= 0.3 is 5.97 Å². The van der Waals surface area contributed by atoms with E-state index < -0.39 is 21.1 Å². The smallest absolute Gasteiger partial charge is 0.321 e. The second kappa shape index (κ2) is 5.27. The normalized spacial score (nSPS) is 13.3. The Morgan fingerprint density at radius 3 is 2.65 bits per heavy atom. The fourth-order valence-electron chi connectivity index (χ4n) is 1.54. The fraction of sp³-hybridized carbons (Fsp3) is 0.455. The summed E-state index contributed by atoms with van der Waals surface area (Å²) < 4.78 is 23.8. The zero-order valence-corrected chi connectivity index (χ0v) is 10.6. The maximum absolute atomic E-state index is 11.9. The molecule has 0 aliphatic heterocycles. The summed E-state index contributed by atoms with van der Waals surface area (Å²) in [5.74, 6) is -1.63. The molecule has 6 heteroatoms. The van der Waals surface area contributed by atoms with Crippen molar-refractivity contribution in [2.45, 2.75) is 31.3 Å². The Balaban J connectivity index is 3.02. The molecule has 5 nitrogen and oxygen atoms in total. The Labute approximate surface area is 100 Å². The van der Waals surface area contributed by atoms with Gasteiger partial charge in [0.2, 0.25) is 0 Å². The van der Waals surface area contributed by atoms with Gasteiger partial charge in [0, 0.05) is 6.20 Å². The van der Waals surface area contributed by atoms with Gasteiger partial charge in [-0.15, -0.1) is 0 Å². The van der Waals surface area contributed by atoms with Gasteiger partial charge in [-0.2, -0.15) is 0 Å². The molecule has 17 heavy (non-hydrogen) atoms. The van der Waals surface area contributed by atoms with E-state index in [2.05, 4.69) is 4.98 Å². The van der Waals surface area contributed by atoms with Crippen LogP contribution in [0.5, 0.6) is 0 Å². The Morgan fingerprint density at radius 1 is 1.53 bits per heavy atom. The third-order valence-electron chi connectivity index (χ3n) is 2.54. The molecule has 1 atom stereocenters. The number of carbonyl (C=O) groups is 1. The molecule has 0 fully saturated rings. The summed E-state index contributed by atoms with van der Waals surface area (Å²) in [6.07, 6.45) is 1.56. The van der Waals surface area contributed by atoms with Crippen molar-refractivity contribution in [3.05, 3.63) is 29.6 Å². The number of sulfone groups is 1. The van der Waals surface area contributed by atoms with E-state index in [0.29, 0.717) is 5.69 Å². The highest BCUT2D eigenvalue weighted by atomic mass is 32.2. The molecule has 0 aliphatic carbocycles. The monoisotopic (exact) mass is 257 g/mol. The average Bonchev–Trinajstić information content (AvgIpc) is 2.21. The van der Waals surface area contributed by atoms with Crippen molar-refractivity contribution in [3.8, 4) is 0 Å². The van der Waals surface area contributed by atoms with Crippen LogP contribution in [-0.2, 0) is 20.4 Å². The summed E-state index contributed by atoms with van der Waals surface area (Å²) in [7, 11) is -3.71. The number of rotatable bonds is 5. The van der Waals surface area contributed by atoms with Crippen LogP contribution < -0.4 is 0 Å². The van der Waals surface area contributed by atoms with Crippen molar-refractivity contribution in [2.24, 2.45) is 0 Å². The lowest BCUT2D eigenvalue weighted by Gasteiger charge is -2.11. The predicted octanol–water partition coefficient (Wildman–Crippen LogP) is 1.17. The Morgan fingerprint density at radius 2 is 2.18 bits per heavy atom. The van der Waals surface area contributed by atoms with Crippen LogP contribution in [0.1, 0.15) is 24.6 Å². The largest absolute Gasteiger partial charge is 0.480 e. The van der Waals surface area contributed by atoms with Gasteiger partial charge in [-0.25, -0.2) is 8.42 Å². The van der Waals surface area contributed by atoms with Crippen LogP contribution in [0.3, 0.4) is 0 Å². The van der Waals surface area contributed by atoms with Crippen molar-refractivity contribution in [1.29, 1.82) is 0 Å². The molecule has 0 aromatic carbocycles. The summed E-state index contributed by atoms with van der Waals surface area (Å²) in [6.45, 7) is 3.29. The van der Waals surface area contributed by atoms with Crippen LogP contribution in [-0.4, -0.2) is 29.7 Å². The third kappa shape index (κ3) is 3.26. The lowest BCUT2D eigenvalue weighted by molar-refractivity contribution is -0.136. The molecule has 0 spiro atoms. The van der Waals surface area contributed by atoms with Gasteiger partial charge in [-0.3, -0.25) is 9.78 Å². The highest BCUT2D eigenvalue weighted by Crippen LogP contribution is 2.15. The number of carboxylic acids is 1. The fourth-order valence-corrected chi connectivity index (χ4v) is 3.24. The SMILES string of the molecule is CCC(C(=O)O)S(=O)(=O)Cc1ncccc1C. The zero-order chi connectivity index (χ0) is 13.1. The van der Waals surface area contributed by atoms with Gasteiger partial charge in [0.1, 0.15) is 0 Å². The number of pyridine rings is 1. The van der Waals surface area contributed by atoms with Crippen molar-refractivity contribution in [3.63, 3.8) is 0 Å². The van der Waals surface area contributed by atoms with Crippen molar-refractivity contribution in [2.75, 3.05) is 0 Å². The Bertz CT molecular complexity index is 510. The zero-order valence-electron chi connectivity index (χ0n) is 9.75. The minimum absolute atomic E-state index is 0.0591. The van der Waals surface area contributed by atoms with Gasteiger partial charge < -0.3 is 5.11 Å². The molecule has 1 N–H and O–H groups in total. The first kappa shape index (κ1) is 13.6. The van der Waals surface area contributed by atoms with E-state index in [1.165, 1.54) is 6.20 Å². The van der Waals surface area contributed by atoms with Gasteiger partial charge in [0.05, 0.1) is 11.4 Å². The second-order valence-corrected chi connectivity index (χ2v) is 5.99. The first-order chi connectivity index (χ1) is 7.88. The van der Waals surface area contributed by atoms with E-state index in [-0.39, 0.29) is 12.2 Å². The van der Waals surface area contributed by atoms with Crippen LogP contribution in [0, 0.1) is 6.92 Å². The molecule has 0 amide bonds.